The maximum Gasteiger partial charge on any atom is 0.135 e. The lowest BCUT2D eigenvalue weighted by atomic mass is 10.0. The Balaban J connectivity index is 2.54. The summed E-state index contributed by atoms with van der Waals surface area (Å²) in [6.45, 7) is 3.90. The van der Waals surface area contributed by atoms with Crippen LogP contribution in [0.1, 0.15) is 13.8 Å². The molecule has 150 valence electrons. The Bertz CT molecular complexity index is 1180. The molecule has 0 aromatic heterocycles. The van der Waals surface area contributed by atoms with Gasteiger partial charge in [-0.3, -0.25) is 0 Å². The fourth-order valence-electron chi connectivity index (χ4n) is 3.02. The summed E-state index contributed by atoms with van der Waals surface area (Å²) >= 11 is 0. The molecule has 0 bridgehead atoms. The van der Waals surface area contributed by atoms with Gasteiger partial charge in [0.05, 0.1) is 23.0 Å². The summed E-state index contributed by atoms with van der Waals surface area (Å²) in [5.74, 6) is 0.521. The van der Waals surface area contributed by atoms with Crippen molar-refractivity contribution in [2.24, 2.45) is 0 Å². The number of hydrogen-bond donors (Lipinski definition) is 0. The van der Waals surface area contributed by atoms with Crippen LogP contribution in [0.5, 0.6) is 11.5 Å². The minimum atomic E-state index is -4.70. The van der Waals surface area contributed by atoms with Crippen molar-refractivity contribution in [2.75, 3.05) is 13.2 Å². The molecule has 0 saturated heterocycles. The van der Waals surface area contributed by atoms with Gasteiger partial charge in [0, 0.05) is 21.5 Å². The Labute approximate surface area is 162 Å². The summed E-state index contributed by atoms with van der Waals surface area (Å²) in [4.78, 5) is -0.858. The lowest BCUT2D eigenvalue weighted by Crippen LogP contribution is -2.03. The maximum atomic E-state index is 11.4. The minimum absolute atomic E-state index is 0.230. The van der Waals surface area contributed by atoms with E-state index in [0.29, 0.717) is 21.5 Å². The first kappa shape index (κ1) is 20.3. The van der Waals surface area contributed by atoms with Crippen molar-refractivity contribution in [1.29, 1.82) is 0 Å². The van der Waals surface area contributed by atoms with Crippen LogP contribution in [-0.4, -0.2) is 39.2 Å². The van der Waals surface area contributed by atoms with Crippen molar-refractivity contribution in [3.05, 3.63) is 36.4 Å². The van der Waals surface area contributed by atoms with Gasteiger partial charge in [-0.1, -0.05) is 0 Å². The zero-order valence-corrected chi connectivity index (χ0v) is 16.6. The van der Waals surface area contributed by atoms with Crippen molar-refractivity contribution in [3.63, 3.8) is 0 Å². The molecule has 28 heavy (non-hydrogen) atoms. The van der Waals surface area contributed by atoms with Gasteiger partial charge >= 0.3 is 0 Å². The van der Waals surface area contributed by atoms with E-state index in [1.165, 1.54) is 24.3 Å². The standard InChI is InChI=1S/C18H18O8S2/c1-3-25-17-13-7-5-12(28(22,23)24)10-16(13)18(26-4-2)14-8-6-11(9-15(14)17)27(19,20)21/h5-10H,3-4H2,1-2H3,(H,19,20,21)(H,22,23,24)/p-2. The van der Waals surface area contributed by atoms with Gasteiger partial charge in [-0.15, -0.1) is 0 Å². The second-order valence-electron chi connectivity index (χ2n) is 5.85. The zero-order chi connectivity index (χ0) is 20.7. The van der Waals surface area contributed by atoms with Crippen molar-refractivity contribution in [1.82, 2.24) is 0 Å². The minimum Gasteiger partial charge on any atom is -0.744 e. The van der Waals surface area contributed by atoms with Crippen LogP contribution < -0.4 is 9.47 Å². The van der Waals surface area contributed by atoms with E-state index in [1.807, 2.05) is 0 Å². The van der Waals surface area contributed by atoms with Crippen LogP contribution >= 0.6 is 0 Å². The van der Waals surface area contributed by atoms with Crippen LogP contribution in [0.3, 0.4) is 0 Å². The molecule has 0 radical (unpaired) electrons. The van der Waals surface area contributed by atoms with E-state index in [9.17, 15) is 25.9 Å². The van der Waals surface area contributed by atoms with E-state index in [4.69, 9.17) is 9.47 Å². The maximum absolute atomic E-state index is 11.4. The highest BCUT2D eigenvalue weighted by Gasteiger charge is 2.19. The van der Waals surface area contributed by atoms with Crippen LogP contribution in [0.15, 0.2) is 46.2 Å². The van der Waals surface area contributed by atoms with Crippen molar-refractivity contribution in [3.8, 4) is 11.5 Å². The topological polar surface area (TPSA) is 133 Å². The number of benzene rings is 3. The van der Waals surface area contributed by atoms with Crippen LogP contribution in [0, 0.1) is 0 Å². The molecule has 10 heteroatoms. The molecule has 0 saturated carbocycles. The van der Waals surface area contributed by atoms with Crippen molar-refractivity contribution < 1.29 is 35.4 Å². The molecule has 0 N–H and O–H groups in total. The first-order valence-corrected chi connectivity index (χ1v) is 11.1. The first-order chi connectivity index (χ1) is 13.1. The molecule has 0 fully saturated rings. The fraction of sp³-hybridized carbons (Fsp3) is 0.222. The fourth-order valence-corrected chi connectivity index (χ4v) is 4.01. The molecule has 3 aromatic rings. The third-order valence-corrected chi connectivity index (χ3v) is 5.78. The summed E-state index contributed by atoms with van der Waals surface area (Å²) in [6.07, 6.45) is 0. The predicted octanol–water partition coefficient (Wildman–Crippen LogP) is 2.60. The molecule has 3 aromatic carbocycles. The molecular weight excluding hydrogens is 408 g/mol. The van der Waals surface area contributed by atoms with Gasteiger partial charge in [0.25, 0.3) is 0 Å². The molecular formula is C18H16O8S2-2. The normalized spacial score (nSPS) is 12.4. The van der Waals surface area contributed by atoms with E-state index in [2.05, 4.69) is 0 Å². The van der Waals surface area contributed by atoms with Gasteiger partial charge < -0.3 is 18.6 Å². The number of rotatable bonds is 6. The molecule has 0 aliphatic heterocycles. The highest BCUT2D eigenvalue weighted by atomic mass is 32.2. The van der Waals surface area contributed by atoms with Gasteiger partial charge in [-0.25, -0.2) is 16.8 Å². The highest BCUT2D eigenvalue weighted by molar-refractivity contribution is 7.86. The molecule has 0 aliphatic rings. The third-order valence-electron chi connectivity index (χ3n) is 4.12. The van der Waals surface area contributed by atoms with E-state index in [0.717, 1.165) is 12.1 Å². The smallest absolute Gasteiger partial charge is 0.135 e. The molecule has 0 spiro atoms. The van der Waals surface area contributed by atoms with Crippen LogP contribution in [0.25, 0.3) is 21.5 Å². The predicted molar refractivity (Wildman–Crippen MR) is 99.7 cm³/mol. The summed E-state index contributed by atoms with van der Waals surface area (Å²) in [6, 6.07) is 7.47. The second-order valence-corrected chi connectivity index (χ2v) is 8.61. The lowest BCUT2D eigenvalue weighted by molar-refractivity contribution is 0.342. The number of ether oxygens (including phenoxy) is 2. The summed E-state index contributed by atoms with van der Waals surface area (Å²) in [5, 5.41) is 1.50. The van der Waals surface area contributed by atoms with Crippen LogP contribution in [0.2, 0.25) is 0 Å². The monoisotopic (exact) mass is 424 g/mol. The summed E-state index contributed by atoms with van der Waals surface area (Å²) in [7, 11) is -9.39. The Morgan fingerprint density at radius 1 is 0.679 bits per heavy atom. The Morgan fingerprint density at radius 2 is 1.04 bits per heavy atom. The van der Waals surface area contributed by atoms with Crippen molar-refractivity contribution >= 4 is 41.8 Å². The van der Waals surface area contributed by atoms with Gasteiger partial charge in [0.2, 0.25) is 0 Å². The van der Waals surface area contributed by atoms with Crippen molar-refractivity contribution in [2.45, 2.75) is 23.6 Å². The van der Waals surface area contributed by atoms with E-state index in [-0.39, 0.29) is 24.7 Å². The molecule has 0 aliphatic carbocycles. The average Bonchev–Trinajstić information content (AvgIpc) is 2.62. The molecule has 0 amide bonds. The van der Waals surface area contributed by atoms with Crippen LogP contribution in [-0.2, 0) is 20.2 Å². The highest BCUT2D eigenvalue weighted by Crippen LogP contribution is 2.44. The number of hydrogen-bond acceptors (Lipinski definition) is 8. The Kier molecular flexibility index (Phi) is 5.24. The molecule has 8 nitrogen and oxygen atoms in total. The lowest BCUT2D eigenvalue weighted by Gasteiger charge is -2.19. The van der Waals surface area contributed by atoms with Gasteiger partial charge in [-0.05, 0) is 50.2 Å². The molecule has 3 rings (SSSR count). The SMILES string of the molecule is CCOc1c2ccc(S(=O)(=O)[O-])cc2c(OCC)c2ccc(S(=O)(=O)[O-])cc12. The molecule has 0 unspecified atom stereocenters. The van der Waals surface area contributed by atoms with Gasteiger partial charge in [0.15, 0.2) is 0 Å². The molecule has 0 atom stereocenters. The van der Waals surface area contributed by atoms with Gasteiger partial charge in [0.1, 0.15) is 31.7 Å². The quantitative estimate of drug-likeness (QED) is 0.435. The summed E-state index contributed by atoms with van der Waals surface area (Å²) in [5.41, 5.74) is 0. The Hall–Kier alpha value is -2.40. The summed E-state index contributed by atoms with van der Waals surface area (Å²) < 4.78 is 80.0. The average molecular weight is 424 g/mol. The molecule has 0 heterocycles. The van der Waals surface area contributed by atoms with E-state index < -0.39 is 30.0 Å². The third kappa shape index (κ3) is 3.63. The number of fused-ring (bicyclic) bond motifs is 2. The van der Waals surface area contributed by atoms with E-state index in [1.54, 1.807) is 13.8 Å². The largest absolute Gasteiger partial charge is 0.744 e. The zero-order valence-electron chi connectivity index (χ0n) is 15.0. The van der Waals surface area contributed by atoms with Gasteiger partial charge in [-0.2, -0.15) is 0 Å². The Morgan fingerprint density at radius 3 is 1.32 bits per heavy atom. The van der Waals surface area contributed by atoms with E-state index >= 15 is 0 Å². The second kappa shape index (κ2) is 7.21. The van der Waals surface area contributed by atoms with Crippen LogP contribution in [0.4, 0.5) is 0 Å². The first-order valence-electron chi connectivity index (χ1n) is 8.28.